The maximum Gasteiger partial charge on any atom is 0.0746 e. The van der Waals surface area contributed by atoms with Gasteiger partial charge in [-0.05, 0) is 31.5 Å². The Balaban J connectivity index is 1.63. The molecule has 1 fully saturated rings. The summed E-state index contributed by atoms with van der Waals surface area (Å²) >= 11 is 0. The summed E-state index contributed by atoms with van der Waals surface area (Å²) < 4.78 is 0. The molecule has 1 aromatic carbocycles. The normalized spacial score (nSPS) is 15.3. The van der Waals surface area contributed by atoms with Crippen LogP contribution in [0.2, 0.25) is 0 Å². The van der Waals surface area contributed by atoms with Crippen LogP contribution in [0.3, 0.4) is 0 Å². The molecule has 0 spiro atoms. The molecule has 1 aromatic heterocycles. The summed E-state index contributed by atoms with van der Waals surface area (Å²) in [5.74, 6) is 0. The van der Waals surface area contributed by atoms with Crippen molar-refractivity contribution in [3.63, 3.8) is 0 Å². The minimum absolute atomic E-state index is 0.799. The lowest BCUT2D eigenvalue weighted by Gasteiger charge is -2.17. The topological polar surface area (TPSA) is 28.2 Å². The summed E-state index contributed by atoms with van der Waals surface area (Å²) in [6.07, 6.45) is 4.59. The van der Waals surface area contributed by atoms with Gasteiger partial charge < -0.3 is 10.2 Å². The van der Waals surface area contributed by atoms with E-state index in [2.05, 4.69) is 46.5 Å². The Kier molecular flexibility index (Phi) is 3.76. The first kappa shape index (κ1) is 12.6. The highest BCUT2D eigenvalue weighted by Gasteiger charge is 2.19. The van der Waals surface area contributed by atoms with Crippen LogP contribution in [0.25, 0.3) is 10.9 Å². The number of pyridine rings is 1. The lowest BCUT2D eigenvalue weighted by atomic mass is 10.1. The van der Waals surface area contributed by atoms with Crippen LogP contribution >= 0.6 is 0 Å². The summed E-state index contributed by atoms with van der Waals surface area (Å²) in [4.78, 5) is 6.87. The minimum atomic E-state index is 0.799. The highest BCUT2D eigenvalue weighted by Crippen LogP contribution is 2.19. The van der Waals surface area contributed by atoms with E-state index in [1.165, 1.54) is 23.8 Å². The molecule has 3 heteroatoms. The summed E-state index contributed by atoms with van der Waals surface area (Å²) in [7, 11) is 2.18. The number of hydrogen-bond donors (Lipinski definition) is 1. The third kappa shape index (κ3) is 3.31. The van der Waals surface area contributed by atoms with Crippen LogP contribution in [-0.2, 0) is 6.54 Å². The van der Waals surface area contributed by atoms with Gasteiger partial charge in [0.1, 0.15) is 0 Å². The number of fused-ring (bicyclic) bond motifs is 1. The fourth-order valence-electron chi connectivity index (χ4n) is 2.41. The lowest BCUT2D eigenvalue weighted by Crippen LogP contribution is -2.30. The molecule has 3 rings (SSSR count). The van der Waals surface area contributed by atoms with E-state index in [0.717, 1.165) is 31.2 Å². The second-order valence-corrected chi connectivity index (χ2v) is 5.46. The van der Waals surface area contributed by atoms with Crippen molar-refractivity contribution >= 4 is 10.9 Å². The number of hydrogen-bond acceptors (Lipinski definition) is 3. The molecular formula is C16H21N3. The van der Waals surface area contributed by atoms with Crippen molar-refractivity contribution in [3.05, 3.63) is 42.1 Å². The Labute approximate surface area is 114 Å². The summed E-state index contributed by atoms with van der Waals surface area (Å²) in [5, 5.41) is 4.78. The van der Waals surface area contributed by atoms with Crippen LogP contribution in [0.1, 0.15) is 18.4 Å². The SMILES string of the molecule is CN(CCNC1CC1)Cc1cccc2cccnc12. The van der Waals surface area contributed by atoms with Crippen LogP contribution in [-0.4, -0.2) is 36.1 Å². The fourth-order valence-corrected chi connectivity index (χ4v) is 2.41. The molecule has 1 N–H and O–H groups in total. The van der Waals surface area contributed by atoms with Gasteiger partial charge in [0.25, 0.3) is 0 Å². The van der Waals surface area contributed by atoms with Crippen molar-refractivity contribution in [3.8, 4) is 0 Å². The highest BCUT2D eigenvalue weighted by molar-refractivity contribution is 5.81. The first-order chi connectivity index (χ1) is 9.33. The molecule has 0 bridgehead atoms. The van der Waals surface area contributed by atoms with Crippen LogP contribution in [0, 0.1) is 0 Å². The van der Waals surface area contributed by atoms with Crippen molar-refractivity contribution < 1.29 is 0 Å². The van der Waals surface area contributed by atoms with Crippen molar-refractivity contribution in [1.82, 2.24) is 15.2 Å². The zero-order valence-corrected chi connectivity index (χ0v) is 11.5. The van der Waals surface area contributed by atoms with Gasteiger partial charge >= 0.3 is 0 Å². The van der Waals surface area contributed by atoms with Gasteiger partial charge in [-0.1, -0.05) is 24.3 Å². The van der Waals surface area contributed by atoms with Crippen LogP contribution in [0.4, 0.5) is 0 Å². The maximum absolute atomic E-state index is 4.51. The first-order valence-electron chi connectivity index (χ1n) is 7.07. The number of para-hydroxylation sites is 1. The van der Waals surface area contributed by atoms with Crippen molar-refractivity contribution in [1.29, 1.82) is 0 Å². The number of rotatable bonds is 6. The predicted molar refractivity (Wildman–Crippen MR) is 79.1 cm³/mol. The van der Waals surface area contributed by atoms with E-state index in [9.17, 15) is 0 Å². The monoisotopic (exact) mass is 255 g/mol. The molecule has 1 saturated carbocycles. The van der Waals surface area contributed by atoms with E-state index in [4.69, 9.17) is 0 Å². The third-order valence-electron chi connectivity index (χ3n) is 3.66. The smallest absolute Gasteiger partial charge is 0.0746 e. The van der Waals surface area contributed by atoms with Crippen molar-refractivity contribution in [2.24, 2.45) is 0 Å². The predicted octanol–water partition coefficient (Wildman–Crippen LogP) is 2.42. The zero-order chi connectivity index (χ0) is 13.1. The standard InChI is InChI=1S/C16H21N3/c1-19(11-10-17-15-7-8-15)12-14-5-2-4-13-6-3-9-18-16(13)14/h2-6,9,15,17H,7-8,10-12H2,1H3. The van der Waals surface area contributed by atoms with Gasteiger partial charge in [-0.2, -0.15) is 0 Å². The molecular weight excluding hydrogens is 234 g/mol. The molecule has 0 atom stereocenters. The van der Waals surface area contributed by atoms with E-state index < -0.39 is 0 Å². The Hall–Kier alpha value is -1.45. The number of likely N-dealkylation sites (N-methyl/N-ethyl adjacent to an activating group) is 1. The summed E-state index contributed by atoms with van der Waals surface area (Å²) in [5.41, 5.74) is 2.44. The first-order valence-corrected chi connectivity index (χ1v) is 7.07. The molecule has 0 aliphatic heterocycles. The Morgan fingerprint density at radius 3 is 2.95 bits per heavy atom. The number of aromatic nitrogens is 1. The zero-order valence-electron chi connectivity index (χ0n) is 11.5. The Morgan fingerprint density at radius 1 is 1.26 bits per heavy atom. The number of nitrogens with zero attached hydrogens (tertiary/aromatic N) is 2. The van der Waals surface area contributed by atoms with E-state index in [1.807, 2.05) is 12.3 Å². The summed E-state index contributed by atoms with van der Waals surface area (Å²) in [6.45, 7) is 3.12. The quantitative estimate of drug-likeness (QED) is 0.859. The van der Waals surface area contributed by atoms with Gasteiger partial charge in [0.05, 0.1) is 5.52 Å². The second kappa shape index (κ2) is 5.68. The maximum atomic E-state index is 4.51. The average Bonchev–Trinajstić information content (AvgIpc) is 3.23. The van der Waals surface area contributed by atoms with Gasteiger partial charge in [-0.15, -0.1) is 0 Å². The van der Waals surface area contributed by atoms with Crippen molar-refractivity contribution in [2.75, 3.05) is 20.1 Å². The molecule has 1 heterocycles. The van der Waals surface area contributed by atoms with E-state index in [-0.39, 0.29) is 0 Å². The van der Waals surface area contributed by atoms with Crippen molar-refractivity contribution in [2.45, 2.75) is 25.4 Å². The molecule has 0 amide bonds. The lowest BCUT2D eigenvalue weighted by molar-refractivity contribution is 0.325. The largest absolute Gasteiger partial charge is 0.313 e. The third-order valence-corrected chi connectivity index (χ3v) is 3.66. The molecule has 19 heavy (non-hydrogen) atoms. The van der Waals surface area contributed by atoms with Gasteiger partial charge in [0.2, 0.25) is 0 Å². The van der Waals surface area contributed by atoms with Gasteiger partial charge in [-0.25, -0.2) is 0 Å². The van der Waals surface area contributed by atoms with E-state index in [0.29, 0.717) is 0 Å². The van der Waals surface area contributed by atoms with Gasteiger partial charge in [0, 0.05) is 37.3 Å². The number of benzene rings is 1. The van der Waals surface area contributed by atoms with E-state index >= 15 is 0 Å². The van der Waals surface area contributed by atoms with Crippen LogP contribution in [0.5, 0.6) is 0 Å². The van der Waals surface area contributed by atoms with Crippen LogP contribution < -0.4 is 5.32 Å². The molecule has 1 aliphatic rings. The molecule has 1 aliphatic carbocycles. The molecule has 0 radical (unpaired) electrons. The van der Waals surface area contributed by atoms with Gasteiger partial charge in [-0.3, -0.25) is 4.98 Å². The molecule has 100 valence electrons. The minimum Gasteiger partial charge on any atom is -0.313 e. The molecule has 0 saturated heterocycles. The highest BCUT2D eigenvalue weighted by atomic mass is 15.1. The molecule has 3 nitrogen and oxygen atoms in total. The van der Waals surface area contributed by atoms with Crippen LogP contribution in [0.15, 0.2) is 36.5 Å². The summed E-state index contributed by atoms with van der Waals surface area (Å²) in [6, 6.07) is 11.3. The van der Waals surface area contributed by atoms with E-state index in [1.54, 1.807) is 0 Å². The second-order valence-electron chi connectivity index (χ2n) is 5.46. The Morgan fingerprint density at radius 2 is 2.11 bits per heavy atom. The van der Waals surface area contributed by atoms with Gasteiger partial charge in [0.15, 0.2) is 0 Å². The molecule has 0 unspecified atom stereocenters. The fraction of sp³-hybridized carbons (Fsp3) is 0.438. The Bertz CT molecular complexity index is 543. The molecule has 2 aromatic rings. The average molecular weight is 255 g/mol. The number of nitrogens with one attached hydrogen (secondary N) is 1.